The fourth-order valence-electron chi connectivity index (χ4n) is 1.01. The zero-order valence-electron chi connectivity index (χ0n) is 8.51. The molecule has 0 saturated heterocycles. The quantitative estimate of drug-likeness (QED) is 0.475. The van der Waals surface area contributed by atoms with Crippen LogP contribution in [0.2, 0.25) is 0 Å². The third kappa shape index (κ3) is 4.49. The number of phenolic OH excluding ortho intramolecular Hbond substituents is 1. The number of anilines is 2. The van der Waals surface area contributed by atoms with Crippen LogP contribution in [0.1, 0.15) is 0 Å². The van der Waals surface area contributed by atoms with E-state index >= 15 is 0 Å². The molecule has 17 heavy (non-hydrogen) atoms. The minimum absolute atomic E-state index is 0.0483. The Bertz CT molecular complexity index is 420. The first kappa shape index (κ1) is 12.9. The van der Waals surface area contributed by atoms with Crippen molar-refractivity contribution in [3.8, 4) is 5.75 Å². The van der Waals surface area contributed by atoms with Crippen LogP contribution >= 0.6 is 0 Å². The van der Waals surface area contributed by atoms with Gasteiger partial charge < -0.3 is 21.5 Å². The molecule has 0 radical (unpaired) electrons. The maximum atomic E-state index is 11.8. The molecule has 5 N–H and O–H groups in total. The summed E-state index contributed by atoms with van der Waals surface area (Å²) in [6, 6.07) is 2.66. The fourth-order valence-corrected chi connectivity index (χ4v) is 1.01. The third-order valence-corrected chi connectivity index (χ3v) is 1.73. The normalized spacial score (nSPS) is 11.0. The van der Waals surface area contributed by atoms with E-state index in [0.717, 1.165) is 0 Å². The van der Waals surface area contributed by atoms with Gasteiger partial charge in [-0.15, -0.1) is 0 Å². The Balaban J connectivity index is 2.57. The van der Waals surface area contributed by atoms with Gasteiger partial charge in [-0.1, -0.05) is 0 Å². The molecular formula is C9H10F3N3O2. The topological polar surface area (TPSA) is 87.4 Å². The largest absolute Gasteiger partial charge is 0.508 e. The number of carbonyl (C=O) groups is 1. The number of nitrogen functional groups attached to an aromatic ring is 1. The Kier molecular flexibility index (Phi) is 3.66. The van der Waals surface area contributed by atoms with Crippen LogP contribution in [0.3, 0.4) is 0 Å². The molecule has 0 saturated carbocycles. The van der Waals surface area contributed by atoms with E-state index in [1.165, 1.54) is 18.2 Å². The highest BCUT2D eigenvalue weighted by Crippen LogP contribution is 2.23. The fraction of sp³-hybridized carbons (Fsp3) is 0.222. The van der Waals surface area contributed by atoms with Crippen LogP contribution < -0.4 is 16.4 Å². The molecule has 1 rings (SSSR count). The van der Waals surface area contributed by atoms with Gasteiger partial charge in [0.1, 0.15) is 12.3 Å². The summed E-state index contributed by atoms with van der Waals surface area (Å²) < 4.78 is 35.4. The second-order valence-corrected chi connectivity index (χ2v) is 3.19. The second kappa shape index (κ2) is 4.81. The van der Waals surface area contributed by atoms with Gasteiger partial charge in [0.15, 0.2) is 0 Å². The van der Waals surface area contributed by atoms with Crippen molar-refractivity contribution >= 4 is 17.4 Å². The zero-order valence-corrected chi connectivity index (χ0v) is 8.51. The first-order valence-electron chi connectivity index (χ1n) is 4.48. The molecule has 1 aromatic carbocycles. The first-order chi connectivity index (χ1) is 7.78. The van der Waals surface area contributed by atoms with Gasteiger partial charge in [0.05, 0.1) is 11.4 Å². The summed E-state index contributed by atoms with van der Waals surface area (Å²) >= 11 is 0. The van der Waals surface area contributed by atoms with E-state index in [1.807, 2.05) is 0 Å². The van der Waals surface area contributed by atoms with E-state index in [4.69, 9.17) is 10.8 Å². The van der Waals surface area contributed by atoms with Crippen molar-refractivity contribution < 1.29 is 23.1 Å². The van der Waals surface area contributed by atoms with Gasteiger partial charge in [0.25, 0.3) is 0 Å². The van der Waals surface area contributed by atoms with E-state index in [0.29, 0.717) is 0 Å². The van der Waals surface area contributed by atoms with Crippen LogP contribution in [0.15, 0.2) is 18.2 Å². The van der Waals surface area contributed by atoms with Gasteiger partial charge in [-0.05, 0) is 12.1 Å². The Morgan fingerprint density at radius 2 is 2.06 bits per heavy atom. The number of phenols is 1. The maximum absolute atomic E-state index is 11.8. The number of nitrogens with two attached hydrogens (primary N) is 1. The zero-order chi connectivity index (χ0) is 13.1. The number of urea groups is 1. The third-order valence-electron chi connectivity index (χ3n) is 1.73. The highest BCUT2D eigenvalue weighted by molar-refractivity contribution is 5.92. The molecule has 94 valence electrons. The minimum atomic E-state index is -4.47. The molecule has 0 bridgehead atoms. The number of halogens is 3. The predicted octanol–water partition coefficient (Wildman–Crippen LogP) is 1.66. The number of aromatic hydroxyl groups is 1. The standard InChI is InChI=1S/C9H10F3N3O2/c10-9(11,12)4-14-8(17)15-7-2-1-5(16)3-6(7)13/h1-3,16H,4,13H2,(H2,14,15,17). The molecule has 5 nitrogen and oxygen atoms in total. The molecule has 0 atom stereocenters. The van der Waals surface area contributed by atoms with Crippen LogP contribution in [0.25, 0.3) is 0 Å². The maximum Gasteiger partial charge on any atom is 0.405 e. The SMILES string of the molecule is Nc1cc(O)ccc1NC(=O)NCC(F)(F)F. The van der Waals surface area contributed by atoms with Gasteiger partial charge in [-0.3, -0.25) is 0 Å². The summed E-state index contributed by atoms with van der Waals surface area (Å²) in [6.45, 7) is -1.43. The lowest BCUT2D eigenvalue weighted by Gasteiger charge is -2.11. The highest BCUT2D eigenvalue weighted by atomic mass is 19.4. The van der Waals surface area contributed by atoms with Crippen molar-refractivity contribution in [1.82, 2.24) is 5.32 Å². The first-order valence-corrected chi connectivity index (χ1v) is 4.48. The number of amides is 2. The van der Waals surface area contributed by atoms with Crippen LogP contribution in [-0.2, 0) is 0 Å². The van der Waals surface area contributed by atoms with E-state index in [-0.39, 0.29) is 17.1 Å². The van der Waals surface area contributed by atoms with Gasteiger partial charge in [0.2, 0.25) is 0 Å². The molecular weight excluding hydrogens is 239 g/mol. The highest BCUT2D eigenvalue weighted by Gasteiger charge is 2.27. The molecule has 0 aliphatic heterocycles. The summed E-state index contributed by atoms with van der Waals surface area (Å²) in [5, 5.41) is 12.8. The summed E-state index contributed by atoms with van der Waals surface area (Å²) in [5.74, 6) is -0.108. The summed E-state index contributed by atoms with van der Waals surface area (Å²) in [7, 11) is 0. The van der Waals surface area contributed by atoms with Gasteiger partial charge >= 0.3 is 12.2 Å². The Morgan fingerprint density at radius 1 is 1.41 bits per heavy atom. The van der Waals surface area contributed by atoms with Crippen LogP contribution in [0, 0.1) is 0 Å². The second-order valence-electron chi connectivity index (χ2n) is 3.19. The predicted molar refractivity (Wildman–Crippen MR) is 55.6 cm³/mol. The molecule has 2 amide bonds. The molecule has 0 spiro atoms. The summed E-state index contributed by atoms with van der Waals surface area (Å²) in [5.41, 5.74) is 5.59. The van der Waals surface area contributed by atoms with Gasteiger partial charge in [-0.2, -0.15) is 13.2 Å². The minimum Gasteiger partial charge on any atom is -0.508 e. The number of benzene rings is 1. The van der Waals surface area contributed by atoms with Crippen molar-refractivity contribution in [2.75, 3.05) is 17.6 Å². The number of alkyl halides is 3. The molecule has 0 aliphatic carbocycles. The van der Waals surface area contributed by atoms with Crippen molar-refractivity contribution in [3.63, 3.8) is 0 Å². The number of hydrogen-bond donors (Lipinski definition) is 4. The van der Waals surface area contributed by atoms with Crippen molar-refractivity contribution in [2.24, 2.45) is 0 Å². The number of rotatable bonds is 2. The summed E-state index contributed by atoms with van der Waals surface area (Å²) in [4.78, 5) is 11.1. The lowest BCUT2D eigenvalue weighted by molar-refractivity contribution is -0.122. The smallest absolute Gasteiger partial charge is 0.405 e. The van der Waals surface area contributed by atoms with Crippen molar-refractivity contribution in [3.05, 3.63) is 18.2 Å². The van der Waals surface area contributed by atoms with E-state index in [1.54, 1.807) is 5.32 Å². The van der Waals surface area contributed by atoms with Gasteiger partial charge in [-0.25, -0.2) is 4.79 Å². The Morgan fingerprint density at radius 3 is 2.59 bits per heavy atom. The lowest BCUT2D eigenvalue weighted by atomic mass is 10.2. The molecule has 0 aliphatic rings. The molecule has 8 heteroatoms. The van der Waals surface area contributed by atoms with Crippen LogP contribution in [0.4, 0.5) is 29.3 Å². The number of hydrogen-bond acceptors (Lipinski definition) is 3. The van der Waals surface area contributed by atoms with Crippen LogP contribution in [-0.4, -0.2) is 23.9 Å². The van der Waals surface area contributed by atoms with E-state index in [2.05, 4.69) is 5.32 Å². The number of nitrogens with one attached hydrogen (secondary N) is 2. The Labute approximate surface area is 94.4 Å². The molecule has 0 heterocycles. The lowest BCUT2D eigenvalue weighted by Crippen LogP contribution is -2.36. The van der Waals surface area contributed by atoms with Crippen molar-refractivity contribution in [1.29, 1.82) is 0 Å². The molecule has 1 aromatic rings. The Hall–Kier alpha value is -2.12. The number of carbonyl (C=O) groups excluding carboxylic acids is 1. The van der Waals surface area contributed by atoms with E-state index in [9.17, 15) is 18.0 Å². The average molecular weight is 249 g/mol. The summed E-state index contributed by atoms with van der Waals surface area (Å²) in [6.07, 6.45) is -4.47. The molecule has 0 fully saturated rings. The van der Waals surface area contributed by atoms with Crippen LogP contribution in [0.5, 0.6) is 5.75 Å². The van der Waals surface area contributed by atoms with Crippen molar-refractivity contribution in [2.45, 2.75) is 6.18 Å². The average Bonchev–Trinajstić information content (AvgIpc) is 2.18. The molecule has 0 aromatic heterocycles. The van der Waals surface area contributed by atoms with Gasteiger partial charge in [0, 0.05) is 6.07 Å². The van der Waals surface area contributed by atoms with E-state index < -0.39 is 18.8 Å². The molecule has 0 unspecified atom stereocenters. The monoisotopic (exact) mass is 249 g/mol.